The molecule has 0 spiro atoms. The molecule has 17 heavy (non-hydrogen) atoms. The minimum Gasteiger partial charge on any atom is -0.508 e. The molecule has 1 aromatic heterocycles. The van der Waals surface area contributed by atoms with Gasteiger partial charge in [0.25, 0.3) is 5.95 Å². The van der Waals surface area contributed by atoms with E-state index in [0.717, 1.165) is 0 Å². The first-order chi connectivity index (χ1) is 7.97. The Labute approximate surface area is 96.9 Å². The van der Waals surface area contributed by atoms with Gasteiger partial charge in [0.05, 0.1) is 12.5 Å². The van der Waals surface area contributed by atoms with E-state index >= 15 is 0 Å². The number of fused-ring (bicyclic) bond motifs is 1. The smallest absolute Gasteiger partial charge is 0.347 e. The van der Waals surface area contributed by atoms with Crippen LogP contribution in [0.5, 0.6) is 17.4 Å². The van der Waals surface area contributed by atoms with Crippen molar-refractivity contribution in [2.45, 2.75) is 13.8 Å². The molecule has 0 saturated carbocycles. The number of methoxy groups -OCH3 is 1. The SMILES string of the molecule is COc1cc(O)c(C)c2c(=O)oc(O)c(C)c12. The van der Waals surface area contributed by atoms with Crippen molar-refractivity contribution in [3.63, 3.8) is 0 Å². The van der Waals surface area contributed by atoms with Crippen molar-refractivity contribution in [1.29, 1.82) is 0 Å². The van der Waals surface area contributed by atoms with Gasteiger partial charge in [-0.05, 0) is 13.8 Å². The number of hydrogen-bond acceptors (Lipinski definition) is 5. The second kappa shape index (κ2) is 3.69. The van der Waals surface area contributed by atoms with Crippen molar-refractivity contribution in [2.75, 3.05) is 7.11 Å². The minimum absolute atomic E-state index is 0.0493. The van der Waals surface area contributed by atoms with E-state index < -0.39 is 11.6 Å². The number of aromatic hydroxyl groups is 2. The third kappa shape index (κ3) is 1.51. The maximum atomic E-state index is 11.7. The van der Waals surface area contributed by atoms with Gasteiger partial charge in [0.15, 0.2) is 0 Å². The topological polar surface area (TPSA) is 79.9 Å². The van der Waals surface area contributed by atoms with Crippen molar-refractivity contribution < 1.29 is 19.4 Å². The fourth-order valence-electron chi connectivity index (χ4n) is 1.85. The predicted molar refractivity (Wildman–Crippen MR) is 61.8 cm³/mol. The zero-order valence-electron chi connectivity index (χ0n) is 9.70. The molecule has 2 N–H and O–H groups in total. The number of ether oxygens (including phenoxy) is 1. The molecule has 5 heteroatoms. The number of rotatable bonds is 1. The van der Waals surface area contributed by atoms with Crippen LogP contribution in [0.4, 0.5) is 0 Å². The molecular weight excluding hydrogens is 224 g/mol. The average Bonchev–Trinajstić information content (AvgIpc) is 2.29. The average molecular weight is 236 g/mol. The van der Waals surface area contributed by atoms with E-state index in [-0.39, 0.29) is 11.1 Å². The van der Waals surface area contributed by atoms with Crippen LogP contribution in [-0.2, 0) is 0 Å². The number of benzene rings is 1. The highest BCUT2D eigenvalue weighted by molar-refractivity contribution is 5.95. The van der Waals surface area contributed by atoms with E-state index in [1.54, 1.807) is 13.8 Å². The van der Waals surface area contributed by atoms with E-state index in [2.05, 4.69) is 4.42 Å². The Bertz CT molecular complexity index is 654. The summed E-state index contributed by atoms with van der Waals surface area (Å²) < 4.78 is 9.79. The Hall–Kier alpha value is -2.17. The van der Waals surface area contributed by atoms with Crippen LogP contribution >= 0.6 is 0 Å². The molecule has 0 amide bonds. The summed E-state index contributed by atoms with van der Waals surface area (Å²) in [5.41, 5.74) is 0.104. The first-order valence-electron chi connectivity index (χ1n) is 5.00. The molecule has 1 heterocycles. The van der Waals surface area contributed by atoms with Crippen molar-refractivity contribution in [1.82, 2.24) is 0 Å². The van der Waals surface area contributed by atoms with E-state index in [1.807, 2.05) is 0 Å². The Morgan fingerprint density at radius 2 is 1.82 bits per heavy atom. The molecule has 0 bridgehead atoms. The van der Waals surface area contributed by atoms with Gasteiger partial charge in [-0.15, -0.1) is 0 Å². The summed E-state index contributed by atoms with van der Waals surface area (Å²) in [5, 5.41) is 19.9. The molecule has 0 aliphatic carbocycles. The second-order valence-corrected chi connectivity index (χ2v) is 3.79. The lowest BCUT2D eigenvalue weighted by molar-refractivity contribution is 0.308. The molecule has 0 aliphatic heterocycles. The van der Waals surface area contributed by atoms with Gasteiger partial charge in [0, 0.05) is 22.6 Å². The summed E-state index contributed by atoms with van der Waals surface area (Å²) >= 11 is 0. The van der Waals surface area contributed by atoms with Crippen molar-refractivity contribution >= 4 is 10.8 Å². The van der Waals surface area contributed by atoms with Gasteiger partial charge in [-0.1, -0.05) is 0 Å². The van der Waals surface area contributed by atoms with Crippen LogP contribution in [0.25, 0.3) is 10.8 Å². The largest absolute Gasteiger partial charge is 0.508 e. The molecule has 0 aliphatic rings. The summed E-state index contributed by atoms with van der Waals surface area (Å²) in [4.78, 5) is 11.7. The molecule has 0 saturated heterocycles. The van der Waals surface area contributed by atoms with Gasteiger partial charge in [-0.3, -0.25) is 0 Å². The van der Waals surface area contributed by atoms with E-state index in [1.165, 1.54) is 13.2 Å². The Morgan fingerprint density at radius 1 is 1.18 bits per heavy atom. The number of phenolic OH excluding ortho intramolecular Hbond substituents is 1. The summed E-state index contributed by atoms with van der Waals surface area (Å²) in [5.74, 6) is -0.165. The van der Waals surface area contributed by atoms with Crippen LogP contribution in [0, 0.1) is 13.8 Å². The Balaban J connectivity index is 3.14. The van der Waals surface area contributed by atoms with Crippen LogP contribution in [0.1, 0.15) is 11.1 Å². The number of phenols is 1. The van der Waals surface area contributed by atoms with Gasteiger partial charge >= 0.3 is 5.63 Å². The molecule has 1 aromatic carbocycles. The summed E-state index contributed by atoms with van der Waals surface area (Å²) in [6.07, 6.45) is 0. The van der Waals surface area contributed by atoms with Gasteiger partial charge in [0.2, 0.25) is 0 Å². The van der Waals surface area contributed by atoms with E-state index in [0.29, 0.717) is 22.3 Å². The zero-order valence-corrected chi connectivity index (χ0v) is 9.70. The molecule has 90 valence electrons. The lowest BCUT2D eigenvalue weighted by Crippen LogP contribution is -2.04. The highest BCUT2D eigenvalue weighted by atomic mass is 16.5. The van der Waals surface area contributed by atoms with Crippen LogP contribution in [0.3, 0.4) is 0 Å². The first-order valence-corrected chi connectivity index (χ1v) is 5.00. The fraction of sp³-hybridized carbons (Fsp3) is 0.250. The van der Waals surface area contributed by atoms with Crippen LogP contribution in [0.2, 0.25) is 0 Å². The molecule has 2 aromatic rings. The van der Waals surface area contributed by atoms with Crippen molar-refractivity contribution in [2.24, 2.45) is 0 Å². The molecule has 5 nitrogen and oxygen atoms in total. The monoisotopic (exact) mass is 236 g/mol. The normalized spacial score (nSPS) is 10.8. The lowest BCUT2D eigenvalue weighted by Gasteiger charge is -2.11. The highest BCUT2D eigenvalue weighted by Gasteiger charge is 2.18. The lowest BCUT2D eigenvalue weighted by atomic mass is 10.0. The number of hydrogen-bond donors (Lipinski definition) is 2. The van der Waals surface area contributed by atoms with Crippen molar-refractivity contribution in [3.05, 3.63) is 27.6 Å². The van der Waals surface area contributed by atoms with E-state index in [4.69, 9.17) is 4.74 Å². The third-order valence-electron chi connectivity index (χ3n) is 2.83. The highest BCUT2D eigenvalue weighted by Crippen LogP contribution is 2.37. The maximum absolute atomic E-state index is 11.7. The summed E-state index contributed by atoms with van der Waals surface area (Å²) in [6.45, 7) is 3.21. The number of aryl methyl sites for hydroxylation is 2. The standard InChI is InChI=1S/C12H12O5/c1-5-7(13)4-8(16-3)9-6(2)11(14)17-12(15)10(5)9/h4,13-14H,1-3H3. The van der Waals surface area contributed by atoms with Gasteiger partial charge in [-0.2, -0.15) is 0 Å². The summed E-state index contributed by atoms with van der Waals surface area (Å²) in [7, 11) is 1.43. The van der Waals surface area contributed by atoms with Crippen LogP contribution < -0.4 is 10.4 Å². The molecule has 0 atom stereocenters. The molecule has 0 unspecified atom stereocenters. The van der Waals surface area contributed by atoms with Gasteiger partial charge in [-0.25, -0.2) is 4.79 Å². The summed E-state index contributed by atoms with van der Waals surface area (Å²) in [6, 6.07) is 1.41. The minimum atomic E-state index is -0.699. The Morgan fingerprint density at radius 3 is 2.41 bits per heavy atom. The van der Waals surface area contributed by atoms with Crippen molar-refractivity contribution in [3.8, 4) is 17.4 Å². The predicted octanol–water partition coefficient (Wildman–Crippen LogP) is 1.83. The Kier molecular flexibility index (Phi) is 2.46. The third-order valence-corrected chi connectivity index (χ3v) is 2.83. The molecule has 0 fully saturated rings. The van der Waals surface area contributed by atoms with Gasteiger partial charge < -0.3 is 19.4 Å². The molecular formula is C12H12O5. The first kappa shape index (κ1) is 11.3. The molecule has 2 rings (SSSR count). The fourth-order valence-corrected chi connectivity index (χ4v) is 1.85. The quantitative estimate of drug-likeness (QED) is 0.789. The second-order valence-electron chi connectivity index (χ2n) is 3.79. The van der Waals surface area contributed by atoms with Crippen LogP contribution in [0.15, 0.2) is 15.3 Å². The van der Waals surface area contributed by atoms with Crippen LogP contribution in [-0.4, -0.2) is 17.3 Å². The zero-order chi connectivity index (χ0) is 12.7. The molecule has 0 radical (unpaired) electrons. The van der Waals surface area contributed by atoms with E-state index in [9.17, 15) is 15.0 Å². The maximum Gasteiger partial charge on any atom is 0.347 e. The van der Waals surface area contributed by atoms with Gasteiger partial charge in [0.1, 0.15) is 11.5 Å².